The normalized spacial score (nSPS) is 20.2. The molecule has 0 saturated carbocycles. The summed E-state index contributed by atoms with van der Waals surface area (Å²) in [6, 6.07) is 16.1. The van der Waals surface area contributed by atoms with E-state index in [1.54, 1.807) is 12.0 Å². The SMILES string of the molecule is COCCN1C(=O)/C(=C\c2ccc3c(c2)C(C)=CC(C)(C)N3C)SC1=Nc1ccccc1. The van der Waals surface area contributed by atoms with E-state index in [0.717, 1.165) is 11.3 Å². The number of hydrogen-bond acceptors (Lipinski definition) is 5. The number of methoxy groups -OCH3 is 1. The van der Waals surface area contributed by atoms with E-state index in [2.05, 4.69) is 57.0 Å². The molecule has 2 heterocycles. The molecule has 5 nitrogen and oxygen atoms in total. The highest BCUT2D eigenvalue weighted by Crippen LogP contribution is 2.39. The van der Waals surface area contributed by atoms with Gasteiger partial charge in [0.2, 0.25) is 0 Å². The molecule has 0 bridgehead atoms. The van der Waals surface area contributed by atoms with E-state index < -0.39 is 0 Å². The van der Waals surface area contributed by atoms with Gasteiger partial charge in [-0.05, 0) is 74.0 Å². The van der Waals surface area contributed by atoms with Gasteiger partial charge in [0.1, 0.15) is 0 Å². The number of anilines is 1. The predicted molar refractivity (Wildman–Crippen MR) is 135 cm³/mol. The van der Waals surface area contributed by atoms with Crippen molar-refractivity contribution in [2.45, 2.75) is 26.3 Å². The number of amidine groups is 1. The molecule has 4 rings (SSSR count). The van der Waals surface area contributed by atoms with Crippen molar-refractivity contribution in [3.8, 4) is 0 Å². The number of carbonyl (C=O) groups excluding carboxylic acids is 1. The number of nitrogens with zero attached hydrogens (tertiary/aromatic N) is 3. The Morgan fingerprint density at radius 1 is 1.16 bits per heavy atom. The molecular weight excluding hydrogens is 418 g/mol. The van der Waals surface area contributed by atoms with Crippen LogP contribution >= 0.6 is 11.8 Å². The number of carbonyl (C=O) groups is 1. The van der Waals surface area contributed by atoms with Crippen molar-refractivity contribution in [1.29, 1.82) is 0 Å². The molecular formula is C26H29N3O2S. The predicted octanol–water partition coefficient (Wildman–Crippen LogP) is 5.57. The minimum absolute atomic E-state index is 0.0288. The second kappa shape index (κ2) is 8.96. The van der Waals surface area contributed by atoms with E-state index >= 15 is 0 Å². The van der Waals surface area contributed by atoms with Crippen LogP contribution in [0.3, 0.4) is 0 Å². The molecule has 2 aliphatic heterocycles. The van der Waals surface area contributed by atoms with Crippen molar-refractivity contribution in [3.05, 3.63) is 70.6 Å². The van der Waals surface area contributed by atoms with Crippen LogP contribution in [-0.2, 0) is 9.53 Å². The summed E-state index contributed by atoms with van der Waals surface area (Å²) in [5.74, 6) is -0.0371. The molecule has 0 aliphatic carbocycles. The van der Waals surface area contributed by atoms with Crippen molar-refractivity contribution in [1.82, 2.24) is 4.90 Å². The van der Waals surface area contributed by atoms with Gasteiger partial charge in [-0.25, -0.2) is 4.99 Å². The first kappa shape index (κ1) is 22.4. The summed E-state index contributed by atoms with van der Waals surface area (Å²) in [6.45, 7) is 7.50. The van der Waals surface area contributed by atoms with Crippen molar-refractivity contribution in [2.75, 3.05) is 32.2 Å². The molecule has 1 fully saturated rings. The van der Waals surface area contributed by atoms with Crippen molar-refractivity contribution in [3.63, 3.8) is 0 Å². The summed E-state index contributed by atoms with van der Waals surface area (Å²) >= 11 is 1.41. The topological polar surface area (TPSA) is 45.1 Å². The lowest BCUT2D eigenvalue weighted by Gasteiger charge is -2.40. The number of ether oxygens (including phenoxy) is 1. The molecule has 0 unspecified atom stereocenters. The first-order chi connectivity index (χ1) is 15.3. The third-order valence-corrected chi connectivity index (χ3v) is 6.93. The lowest BCUT2D eigenvalue weighted by atomic mass is 9.88. The Balaban J connectivity index is 1.68. The van der Waals surface area contributed by atoms with Gasteiger partial charge in [-0.1, -0.05) is 30.3 Å². The van der Waals surface area contributed by atoms with E-state index in [-0.39, 0.29) is 11.4 Å². The van der Waals surface area contributed by atoms with Crippen LogP contribution in [0.15, 0.2) is 64.5 Å². The lowest BCUT2D eigenvalue weighted by Crippen LogP contribution is -2.42. The molecule has 0 N–H and O–H groups in total. The number of fused-ring (bicyclic) bond motifs is 1. The first-order valence-corrected chi connectivity index (χ1v) is 11.5. The second-order valence-electron chi connectivity index (χ2n) is 8.61. The third kappa shape index (κ3) is 4.38. The number of likely N-dealkylation sites (N-methyl/N-ethyl adjacent to an activating group) is 1. The van der Waals surface area contributed by atoms with Gasteiger partial charge in [0.25, 0.3) is 5.91 Å². The molecule has 0 spiro atoms. The summed E-state index contributed by atoms with van der Waals surface area (Å²) in [5, 5.41) is 0.681. The maximum Gasteiger partial charge on any atom is 0.266 e. The standard InChI is InChI=1S/C26H29N3O2S/c1-18-17-26(2,3)28(4)22-12-11-19(15-21(18)22)16-23-24(30)29(13-14-31-5)25(32-23)27-20-9-7-6-8-10-20/h6-12,15-17H,13-14H2,1-5H3/b23-16+,27-25?. The first-order valence-electron chi connectivity index (χ1n) is 10.7. The Labute approximate surface area is 194 Å². The van der Waals surface area contributed by atoms with Crippen LogP contribution in [0.4, 0.5) is 11.4 Å². The molecule has 1 amide bonds. The van der Waals surface area contributed by atoms with Gasteiger partial charge in [0.15, 0.2) is 5.17 Å². The summed E-state index contributed by atoms with van der Waals surface area (Å²) in [6.07, 6.45) is 4.26. The van der Waals surface area contributed by atoms with Crippen molar-refractivity contribution < 1.29 is 9.53 Å². The molecule has 0 atom stereocenters. The zero-order chi connectivity index (χ0) is 22.9. The molecule has 2 aliphatic rings. The second-order valence-corrected chi connectivity index (χ2v) is 9.62. The van der Waals surface area contributed by atoms with Crippen molar-refractivity contribution in [2.24, 2.45) is 4.99 Å². The molecule has 2 aromatic carbocycles. The molecule has 6 heteroatoms. The highest BCUT2D eigenvalue weighted by molar-refractivity contribution is 8.18. The number of rotatable bonds is 5. The van der Waals surface area contributed by atoms with Crippen LogP contribution in [0.2, 0.25) is 0 Å². The molecule has 1 saturated heterocycles. The summed E-state index contributed by atoms with van der Waals surface area (Å²) < 4.78 is 5.22. The van der Waals surface area contributed by atoms with Gasteiger partial charge < -0.3 is 9.64 Å². The third-order valence-electron chi connectivity index (χ3n) is 5.93. The van der Waals surface area contributed by atoms with E-state index in [4.69, 9.17) is 9.73 Å². The number of aliphatic imine (C=N–C) groups is 1. The fourth-order valence-electron chi connectivity index (χ4n) is 4.00. The molecule has 0 aromatic heterocycles. The fourth-order valence-corrected chi connectivity index (χ4v) is 5.03. The van der Waals surface area contributed by atoms with Crippen molar-refractivity contribution >= 4 is 45.9 Å². The minimum Gasteiger partial charge on any atom is -0.383 e. The fraction of sp³-hybridized carbons (Fsp3) is 0.308. The number of thioether (sulfide) groups is 1. The largest absolute Gasteiger partial charge is 0.383 e. The average Bonchev–Trinajstić information content (AvgIpc) is 3.05. The number of hydrogen-bond donors (Lipinski definition) is 0. The van der Waals surface area contributed by atoms with Crippen LogP contribution in [0.1, 0.15) is 31.9 Å². The van der Waals surface area contributed by atoms with Gasteiger partial charge in [-0.15, -0.1) is 0 Å². The maximum absolute atomic E-state index is 13.2. The van der Waals surface area contributed by atoms with Crippen LogP contribution < -0.4 is 4.90 Å². The Morgan fingerprint density at radius 2 is 1.91 bits per heavy atom. The van der Waals surface area contributed by atoms with E-state index in [0.29, 0.717) is 23.2 Å². The summed E-state index contributed by atoms with van der Waals surface area (Å²) in [4.78, 5) is 22.6. The number of benzene rings is 2. The van der Waals surface area contributed by atoms with Crippen LogP contribution in [0, 0.1) is 0 Å². The van der Waals surface area contributed by atoms with Gasteiger partial charge in [0.05, 0.1) is 29.3 Å². The molecule has 0 radical (unpaired) electrons. The average molecular weight is 448 g/mol. The minimum atomic E-state index is -0.0371. The monoisotopic (exact) mass is 447 g/mol. The van der Waals surface area contributed by atoms with E-state index in [1.807, 2.05) is 36.4 Å². The van der Waals surface area contributed by atoms with Gasteiger partial charge in [-0.3, -0.25) is 9.69 Å². The van der Waals surface area contributed by atoms with Gasteiger partial charge in [-0.2, -0.15) is 0 Å². The smallest absolute Gasteiger partial charge is 0.266 e. The Hall–Kier alpha value is -2.83. The molecule has 166 valence electrons. The Bertz CT molecular complexity index is 1120. The number of para-hydroxylation sites is 1. The highest BCUT2D eigenvalue weighted by Gasteiger charge is 2.33. The van der Waals surface area contributed by atoms with E-state index in [9.17, 15) is 4.79 Å². The van der Waals surface area contributed by atoms with Crippen LogP contribution in [-0.4, -0.2) is 48.8 Å². The quantitative estimate of drug-likeness (QED) is 0.562. The Morgan fingerprint density at radius 3 is 2.62 bits per heavy atom. The maximum atomic E-state index is 13.2. The van der Waals surface area contributed by atoms with Crippen LogP contribution in [0.5, 0.6) is 0 Å². The molecule has 32 heavy (non-hydrogen) atoms. The highest BCUT2D eigenvalue weighted by atomic mass is 32.2. The van der Waals surface area contributed by atoms with Gasteiger partial charge >= 0.3 is 0 Å². The van der Waals surface area contributed by atoms with E-state index in [1.165, 1.54) is 28.6 Å². The lowest BCUT2D eigenvalue weighted by molar-refractivity contribution is -0.122. The number of amides is 1. The summed E-state index contributed by atoms with van der Waals surface area (Å²) in [7, 11) is 3.76. The summed E-state index contributed by atoms with van der Waals surface area (Å²) in [5.41, 5.74) is 5.46. The zero-order valence-corrected chi connectivity index (χ0v) is 20.1. The Kier molecular flexibility index (Phi) is 6.26. The zero-order valence-electron chi connectivity index (χ0n) is 19.3. The van der Waals surface area contributed by atoms with Crippen LogP contribution in [0.25, 0.3) is 11.6 Å². The number of allylic oxidation sites excluding steroid dienone is 1. The van der Waals surface area contributed by atoms with Gasteiger partial charge in [0, 0.05) is 25.4 Å². The molecule has 2 aromatic rings.